The molecular formula is C21H20F3NO3. The molecule has 0 saturated carbocycles. The summed E-state index contributed by atoms with van der Waals surface area (Å²) in [5.74, 6) is -0.983. The summed E-state index contributed by atoms with van der Waals surface area (Å²) in [7, 11) is 0. The summed E-state index contributed by atoms with van der Waals surface area (Å²) < 4.78 is 46.4. The number of halogens is 3. The molecule has 2 aromatic carbocycles. The molecule has 2 N–H and O–H groups in total. The van der Waals surface area contributed by atoms with Gasteiger partial charge in [0.25, 0.3) is 0 Å². The van der Waals surface area contributed by atoms with E-state index in [1.807, 2.05) is 20.0 Å². The van der Waals surface area contributed by atoms with E-state index in [0.29, 0.717) is 0 Å². The quantitative estimate of drug-likeness (QED) is 0.558. The van der Waals surface area contributed by atoms with Crippen LogP contribution >= 0.6 is 0 Å². The fourth-order valence-corrected chi connectivity index (χ4v) is 3.25. The zero-order chi connectivity index (χ0) is 20.6. The molecule has 0 fully saturated rings. The Labute approximate surface area is 159 Å². The number of H-pyrrole nitrogens is 1. The Morgan fingerprint density at radius 1 is 1.21 bits per heavy atom. The average molecular weight is 391 g/mol. The first-order valence-electron chi connectivity index (χ1n) is 8.77. The number of aryl methyl sites for hydroxylation is 1. The molecule has 1 aromatic heterocycles. The van der Waals surface area contributed by atoms with E-state index in [1.54, 1.807) is 18.2 Å². The molecule has 0 atom stereocenters. The van der Waals surface area contributed by atoms with E-state index in [-0.39, 0.29) is 28.5 Å². The summed E-state index contributed by atoms with van der Waals surface area (Å²) in [4.78, 5) is 14.0. The number of aromatic nitrogens is 1. The summed E-state index contributed by atoms with van der Waals surface area (Å²) in [6.45, 7) is 5.54. The summed E-state index contributed by atoms with van der Waals surface area (Å²) in [5.41, 5.74) is 1.24. The number of aromatic amines is 1. The molecule has 148 valence electrons. The van der Waals surface area contributed by atoms with Gasteiger partial charge in [0, 0.05) is 17.1 Å². The van der Waals surface area contributed by atoms with Crippen LogP contribution in [-0.2, 0) is 17.4 Å². The highest BCUT2D eigenvalue weighted by atomic mass is 19.4. The van der Waals surface area contributed by atoms with Crippen molar-refractivity contribution >= 4 is 16.9 Å². The van der Waals surface area contributed by atoms with E-state index < -0.39 is 24.1 Å². The molecule has 3 aromatic rings. The second-order valence-electron chi connectivity index (χ2n) is 7.07. The molecular weight excluding hydrogens is 371 g/mol. The number of nitrogens with one attached hydrogen (secondary N) is 1. The highest BCUT2D eigenvalue weighted by Crippen LogP contribution is 2.41. The van der Waals surface area contributed by atoms with Crippen LogP contribution in [0.25, 0.3) is 10.9 Å². The van der Waals surface area contributed by atoms with Crippen LogP contribution in [0.2, 0.25) is 0 Å². The number of carboxylic acid groups (broad SMARTS) is 1. The number of alkyl halides is 3. The molecule has 0 aliphatic heterocycles. The lowest BCUT2D eigenvalue weighted by Gasteiger charge is -2.18. The zero-order valence-corrected chi connectivity index (χ0v) is 15.6. The van der Waals surface area contributed by atoms with E-state index in [9.17, 15) is 18.0 Å². The monoisotopic (exact) mass is 391 g/mol. The first-order valence-corrected chi connectivity index (χ1v) is 8.77. The van der Waals surface area contributed by atoms with Gasteiger partial charge in [0.1, 0.15) is 11.5 Å². The molecule has 0 spiro atoms. The Bertz CT molecular complexity index is 1040. The number of carboxylic acids is 1. The summed E-state index contributed by atoms with van der Waals surface area (Å²) in [6.07, 6.45) is -3.28. The van der Waals surface area contributed by atoms with Gasteiger partial charge in [-0.3, -0.25) is 4.79 Å². The van der Waals surface area contributed by atoms with Crippen molar-refractivity contribution in [3.05, 3.63) is 58.8 Å². The lowest BCUT2D eigenvalue weighted by molar-refractivity contribution is -0.139. The first-order chi connectivity index (χ1) is 13.1. The van der Waals surface area contributed by atoms with Gasteiger partial charge >= 0.3 is 12.1 Å². The van der Waals surface area contributed by atoms with Crippen molar-refractivity contribution in [1.82, 2.24) is 4.98 Å². The van der Waals surface area contributed by atoms with Crippen molar-refractivity contribution < 1.29 is 27.8 Å². The van der Waals surface area contributed by atoms with Gasteiger partial charge in [-0.15, -0.1) is 0 Å². The van der Waals surface area contributed by atoms with Gasteiger partial charge in [0.05, 0.1) is 12.0 Å². The largest absolute Gasteiger partial charge is 0.481 e. The molecule has 0 aliphatic carbocycles. The van der Waals surface area contributed by atoms with Crippen molar-refractivity contribution in [3.8, 4) is 11.5 Å². The van der Waals surface area contributed by atoms with Gasteiger partial charge in [0.2, 0.25) is 0 Å². The van der Waals surface area contributed by atoms with Gasteiger partial charge in [-0.2, -0.15) is 13.2 Å². The molecule has 0 radical (unpaired) electrons. The highest BCUT2D eigenvalue weighted by Gasteiger charge is 2.36. The summed E-state index contributed by atoms with van der Waals surface area (Å²) in [5, 5.41) is 9.78. The number of ether oxygens (including phenoxy) is 1. The highest BCUT2D eigenvalue weighted by molar-refractivity contribution is 5.85. The smallest absolute Gasteiger partial charge is 0.420 e. The molecule has 0 bridgehead atoms. The number of fused-ring (bicyclic) bond motifs is 1. The second-order valence-corrected chi connectivity index (χ2v) is 7.07. The third-order valence-electron chi connectivity index (χ3n) is 4.52. The Hall–Kier alpha value is -2.96. The van der Waals surface area contributed by atoms with Gasteiger partial charge in [-0.05, 0) is 53.8 Å². The van der Waals surface area contributed by atoms with Crippen LogP contribution in [0.3, 0.4) is 0 Å². The van der Waals surface area contributed by atoms with Gasteiger partial charge in [-0.1, -0.05) is 19.9 Å². The maximum Gasteiger partial charge on any atom is 0.420 e. The van der Waals surface area contributed by atoms with Gasteiger partial charge < -0.3 is 14.8 Å². The standard InChI is InChI=1S/C21H20F3NO3/c1-11(2)16-10-25-18-5-4-14(9-15(16)18)28-20-12(3)6-13(8-19(26)27)7-17(20)21(22,23)24/h4-7,9-11,25H,8H2,1-3H3,(H,26,27). The maximum atomic E-state index is 13.6. The summed E-state index contributed by atoms with van der Waals surface area (Å²) in [6, 6.07) is 7.33. The van der Waals surface area contributed by atoms with Crippen LogP contribution < -0.4 is 4.74 Å². The number of aliphatic carboxylic acids is 1. The van der Waals surface area contributed by atoms with Crippen molar-refractivity contribution in [2.45, 2.75) is 39.3 Å². The lowest BCUT2D eigenvalue weighted by atomic mass is 10.0. The van der Waals surface area contributed by atoms with Crippen LogP contribution in [0, 0.1) is 6.92 Å². The average Bonchev–Trinajstić information content (AvgIpc) is 2.99. The Kier molecular flexibility index (Phi) is 5.10. The molecule has 1 heterocycles. The van der Waals surface area contributed by atoms with Crippen LogP contribution in [0.15, 0.2) is 36.5 Å². The third-order valence-corrected chi connectivity index (χ3v) is 4.52. The van der Waals surface area contributed by atoms with Gasteiger partial charge in [-0.25, -0.2) is 0 Å². The van der Waals surface area contributed by atoms with E-state index in [4.69, 9.17) is 9.84 Å². The molecule has 0 aliphatic rings. The maximum absolute atomic E-state index is 13.6. The predicted octanol–water partition coefficient (Wildman–Crippen LogP) is 6.04. The van der Waals surface area contributed by atoms with E-state index in [0.717, 1.165) is 22.5 Å². The van der Waals surface area contributed by atoms with Crippen molar-refractivity contribution in [2.75, 3.05) is 0 Å². The van der Waals surface area contributed by atoms with Crippen LogP contribution in [0.4, 0.5) is 13.2 Å². The predicted molar refractivity (Wildman–Crippen MR) is 100.0 cm³/mol. The van der Waals surface area contributed by atoms with Crippen LogP contribution in [0.5, 0.6) is 11.5 Å². The minimum absolute atomic E-state index is 0.0767. The number of benzene rings is 2. The minimum atomic E-state index is -4.67. The Balaban J connectivity index is 2.07. The topological polar surface area (TPSA) is 62.3 Å². The van der Waals surface area contributed by atoms with E-state index >= 15 is 0 Å². The van der Waals surface area contributed by atoms with Gasteiger partial charge in [0.15, 0.2) is 0 Å². The molecule has 0 saturated heterocycles. The van der Waals surface area contributed by atoms with Crippen LogP contribution in [0.1, 0.15) is 42.0 Å². The molecule has 3 rings (SSSR count). The van der Waals surface area contributed by atoms with Crippen LogP contribution in [-0.4, -0.2) is 16.1 Å². The number of hydrogen-bond donors (Lipinski definition) is 2. The molecule has 0 amide bonds. The zero-order valence-electron chi connectivity index (χ0n) is 15.6. The van der Waals surface area contributed by atoms with Crippen molar-refractivity contribution in [2.24, 2.45) is 0 Å². The fraction of sp³-hybridized carbons (Fsp3) is 0.286. The summed E-state index contributed by atoms with van der Waals surface area (Å²) >= 11 is 0. The first kappa shape index (κ1) is 19.8. The SMILES string of the molecule is Cc1cc(CC(=O)O)cc(C(F)(F)F)c1Oc1ccc2[nH]cc(C(C)C)c2c1. The van der Waals surface area contributed by atoms with Crippen molar-refractivity contribution in [3.63, 3.8) is 0 Å². The number of rotatable bonds is 5. The number of carbonyl (C=O) groups is 1. The van der Waals surface area contributed by atoms with Crippen molar-refractivity contribution in [1.29, 1.82) is 0 Å². The Morgan fingerprint density at radius 2 is 1.93 bits per heavy atom. The molecule has 0 unspecified atom stereocenters. The van der Waals surface area contributed by atoms with E-state index in [1.165, 1.54) is 13.0 Å². The lowest BCUT2D eigenvalue weighted by Crippen LogP contribution is -2.11. The number of hydrogen-bond acceptors (Lipinski definition) is 2. The van der Waals surface area contributed by atoms with E-state index in [2.05, 4.69) is 4.98 Å². The minimum Gasteiger partial charge on any atom is -0.481 e. The fourth-order valence-electron chi connectivity index (χ4n) is 3.25. The normalized spacial score (nSPS) is 12.0. The second kappa shape index (κ2) is 7.22. The molecule has 4 nitrogen and oxygen atoms in total. The molecule has 28 heavy (non-hydrogen) atoms. The molecule has 7 heteroatoms. The third kappa shape index (κ3) is 3.98. The Morgan fingerprint density at radius 3 is 2.54 bits per heavy atom.